The minimum Gasteiger partial charge on any atom is -0.322 e. The van der Waals surface area contributed by atoms with E-state index in [0.29, 0.717) is 11.3 Å². The Morgan fingerprint density at radius 2 is 1.57 bits per heavy atom. The molecule has 0 fully saturated rings. The van der Waals surface area contributed by atoms with Crippen LogP contribution in [0.15, 0.2) is 48.5 Å². The maximum absolute atomic E-state index is 12.4. The van der Waals surface area contributed by atoms with Gasteiger partial charge < -0.3 is 5.32 Å². The van der Waals surface area contributed by atoms with Crippen LogP contribution in [0.3, 0.4) is 0 Å². The van der Waals surface area contributed by atoms with E-state index in [-0.39, 0.29) is 5.56 Å². The van der Waals surface area contributed by atoms with Gasteiger partial charge in [0.1, 0.15) is 0 Å². The summed E-state index contributed by atoms with van der Waals surface area (Å²) in [5.74, 6) is 1.95. The molecule has 21 heavy (non-hydrogen) atoms. The third-order valence-corrected chi connectivity index (χ3v) is 2.78. The Morgan fingerprint density at radius 1 is 1.00 bits per heavy atom. The summed E-state index contributed by atoms with van der Waals surface area (Å²) in [5, 5.41) is 2.58. The number of carbonyl (C=O) groups excluding carboxylic acids is 1. The highest BCUT2D eigenvalue weighted by Gasteiger charge is 2.30. The molecule has 0 radical (unpaired) electrons. The van der Waals surface area contributed by atoms with Crippen LogP contribution in [-0.2, 0) is 6.18 Å². The SMILES string of the molecule is C#Cc1ccc(NC(=O)c2ccc(C(F)(F)F)cc2)cc1. The lowest BCUT2D eigenvalue weighted by atomic mass is 10.1. The van der Waals surface area contributed by atoms with Gasteiger partial charge in [0.05, 0.1) is 5.56 Å². The number of carbonyl (C=O) groups is 1. The molecule has 0 aliphatic rings. The zero-order chi connectivity index (χ0) is 15.5. The molecule has 2 nitrogen and oxygen atoms in total. The normalized spacial score (nSPS) is 10.8. The van der Waals surface area contributed by atoms with E-state index in [0.717, 1.165) is 24.3 Å². The Labute approximate surface area is 119 Å². The van der Waals surface area contributed by atoms with Gasteiger partial charge >= 0.3 is 6.18 Å². The van der Waals surface area contributed by atoms with Crippen molar-refractivity contribution in [2.24, 2.45) is 0 Å². The van der Waals surface area contributed by atoms with Crippen molar-refractivity contribution >= 4 is 11.6 Å². The topological polar surface area (TPSA) is 29.1 Å². The van der Waals surface area contributed by atoms with Gasteiger partial charge in [0, 0.05) is 16.8 Å². The highest BCUT2D eigenvalue weighted by Crippen LogP contribution is 2.29. The second-order valence-electron chi connectivity index (χ2n) is 4.25. The molecular formula is C16H10F3NO. The molecule has 2 aromatic carbocycles. The van der Waals surface area contributed by atoms with Gasteiger partial charge in [0.15, 0.2) is 0 Å². The smallest absolute Gasteiger partial charge is 0.322 e. The summed E-state index contributed by atoms with van der Waals surface area (Å²) in [6.45, 7) is 0. The molecule has 0 unspecified atom stereocenters. The van der Waals surface area contributed by atoms with Crippen LogP contribution in [0.2, 0.25) is 0 Å². The predicted octanol–water partition coefficient (Wildman–Crippen LogP) is 3.94. The number of amides is 1. The zero-order valence-corrected chi connectivity index (χ0v) is 10.7. The summed E-state index contributed by atoms with van der Waals surface area (Å²) >= 11 is 0. The lowest BCUT2D eigenvalue weighted by Crippen LogP contribution is -2.12. The van der Waals surface area contributed by atoms with Crippen LogP contribution < -0.4 is 5.32 Å². The van der Waals surface area contributed by atoms with Crippen LogP contribution in [0.1, 0.15) is 21.5 Å². The number of benzene rings is 2. The van der Waals surface area contributed by atoms with Crippen LogP contribution in [0.5, 0.6) is 0 Å². The standard InChI is InChI=1S/C16H10F3NO/c1-2-11-3-9-14(10-4-11)20-15(21)12-5-7-13(8-6-12)16(17,18)19/h1,3-10H,(H,20,21). The number of hydrogen-bond acceptors (Lipinski definition) is 1. The summed E-state index contributed by atoms with van der Waals surface area (Å²) in [4.78, 5) is 11.9. The first-order valence-corrected chi connectivity index (χ1v) is 5.95. The number of hydrogen-bond donors (Lipinski definition) is 1. The van der Waals surface area contributed by atoms with Crippen molar-refractivity contribution < 1.29 is 18.0 Å². The van der Waals surface area contributed by atoms with E-state index in [1.54, 1.807) is 24.3 Å². The molecule has 2 rings (SSSR count). The second-order valence-corrected chi connectivity index (χ2v) is 4.25. The molecule has 5 heteroatoms. The van der Waals surface area contributed by atoms with E-state index >= 15 is 0 Å². The van der Waals surface area contributed by atoms with Gasteiger partial charge in [-0.2, -0.15) is 13.2 Å². The van der Waals surface area contributed by atoms with E-state index in [1.807, 2.05) is 0 Å². The fourth-order valence-corrected chi connectivity index (χ4v) is 1.66. The molecule has 1 N–H and O–H groups in total. The van der Waals surface area contributed by atoms with Gasteiger partial charge in [0.25, 0.3) is 5.91 Å². The molecular weight excluding hydrogens is 279 g/mol. The largest absolute Gasteiger partial charge is 0.416 e. The van der Waals surface area contributed by atoms with Gasteiger partial charge in [0.2, 0.25) is 0 Å². The first kappa shape index (κ1) is 14.7. The molecule has 0 spiro atoms. The van der Waals surface area contributed by atoms with Gasteiger partial charge in [-0.1, -0.05) is 5.92 Å². The molecule has 0 heterocycles. The Kier molecular flexibility index (Phi) is 3.99. The van der Waals surface area contributed by atoms with Gasteiger partial charge in [-0.25, -0.2) is 0 Å². The van der Waals surface area contributed by atoms with Gasteiger partial charge in [-0.15, -0.1) is 6.42 Å². The minimum absolute atomic E-state index is 0.143. The molecule has 0 bridgehead atoms. The average Bonchev–Trinajstić information content (AvgIpc) is 2.47. The fraction of sp³-hybridized carbons (Fsp3) is 0.0625. The second kappa shape index (κ2) is 5.71. The van der Waals surface area contributed by atoms with Crippen molar-refractivity contribution in [2.75, 3.05) is 5.32 Å². The molecule has 0 saturated heterocycles. The van der Waals surface area contributed by atoms with Crippen molar-refractivity contribution in [1.29, 1.82) is 0 Å². The lowest BCUT2D eigenvalue weighted by Gasteiger charge is -2.08. The Balaban J connectivity index is 2.11. The van der Waals surface area contributed by atoms with Crippen LogP contribution >= 0.6 is 0 Å². The maximum Gasteiger partial charge on any atom is 0.416 e. The highest BCUT2D eigenvalue weighted by molar-refractivity contribution is 6.04. The molecule has 0 aromatic heterocycles. The summed E-state index contributed by atoms with van der Waals surface area (Å²) in [5.41, 5.74) is 0.530. The van der Waals surface area contributed by atoms with E-state index in [1.165, 1.54) is 0 Å². The van der Waals surface area contributed by atoms with Gasteiger partial charge in [-0.05, 0) is 48.5 Å². The van der Waals surface area contributed by atoms with Crippen LogP contribution in [0.4, 0.5) is 18.9 Å². The Hall–Kier alpha value is -2.74. The molecule has 0 atom stereocenters. The van der Waals surface area contributed by atoms with E-state index in [2.05, 4.69) is 11.2 Å². The number of rotatable bonds is 2. The number of anilines is 1. The van der Waals surface area contributed by atoms with Crippen molar-refractivity contribution in [1.82, 2.24) is 0 Å². The predicted molar refractivity (Wildman–Crippen MR) is 73.8 cm³/mol. The quantitative estimate of drug-likeness (QED) is 0.834. The van der Waals surface area contributed by atoms with E-state index < -0.39 is 17.6 Å². The molecule has 0 aliphatic heterocycles. The summed E-state index contributed by atoms with van der Waals surface area (Å²) in [6.07, 6.45) is 0.796. The third-order valence-electron chi connectivity index (χ3n) is 2.78. The molecule has 1 amide bonds. The third kappa shape index (κ3) is 3.63. The van der Waals surface area contributed by atoms with Gasteiger partial charge in [-0.3, -0.25) is 4.79 Å². The first-order chi connectivity index (χ1) is 9.90. The monoisotopic (exact) mass is 289 g/mol. The molecule has 0 saturated carbocycles. The molecule has 106 valence electrons. The van der Waals surface area contributed by atoms with Crippen LogP contribution in [0.25, 0.3) is 0 Å². The zero-order valence-electron chi connectivity index (χ0n) is 10.7. The minimum atomic E-state index is -4.42. The first-order valence-electron chi connectivity index (χ1n) is 5.95. The highest BCUT2D eigenvalue weighted by atomic mass is 19.4. The van der Waals surface area contributed by atoms with E-state index in [9.17, 15) is 18.0 Å². The molecule has 0 aliphatic carbocycles. The van der Waals surface area contributed by atoms with Crippen LogP contribution in [0, 0.1) is 12.3 Å². The van der Waals surface area contributed by atoms with Crippen molar-refractivity contribution in [2.45, 2.75) is 6.18 Å². The van der Waals surface area contributed by atoms with Crippen molar-refractivity contribution in [3.05, 3.63) is 65.2 Å². The fourth-order valence-electron chi connectivity index (χ4n) is 1.66. The number of alkyl halides is 3. The van der Waals surface area contributed by atoms with Crippen molar-refractivity contribution in [3.8, 4) is 12.3 Å². The van der Waals surface area contributed by atoms with Crippen LogP contribution in [-0.4, -0.2) is 5.91 Å². The molecule has 2 aromatic rings. The number of nitrogens with one attached hydrogen (secondary N) is 1. The Morgan fingerprint density at radius 3 is 2.05 bits per heavy atom. The van der Waals surface area contributed by atoms with E-state index in [4.69, 9.17) is 6.42 Å². The average molecular weight is 289 g/mol. The summed E-state index contributed by atoms with van der Waals surface area (Å²) in [6, 6.07) is 10.6. The maximum atomic E-state index is 12.4. The van der Waals surface area contributed by atoms with Crippen molar-refractivity contribution in [3.63, 3.8) is 0 Å². The number of terminal acetylenes is 1. The number of halogens is 3. The lowest BCUT2D eigenvalue weighted by molar-refractivity contribution is -0.137. The summed E-state index contributed by atoms with van der Waals surface area (Å²) < 4.78 is 37.3. The Bertz CT molecular complexity index is 679. The summed E-state index contributed by atoms with van der Waals surface area (Å²) in [7, 11) is 0.